The number of rotatable bonds is 2. The van der Waals surface area contributed by atoms with Crippen LogP contribution in [0.2, 0.25) is 0 Å². The van der Waals surface area contributed by atoms with Crippen LogP contribution >= 0.6 is 0 Å². The van der Waals surface area contributed by atoms with Crippen LogP contribution in [-0.2, 0) is 0 Å². The molecule has 0 unspecified atom stereocenters. The highest BCUT2D eigenvalue weighted by molar-refractivity contribution is 5.20. The first kappa shape index (κ1) is 14.3. The van der Waals surface area contributed by atoms with Crippen molar-refractivity contribution in [3.05, 3.63) is 36.0 Å². The third-order valence-corrected chi connectivity index (χ3v) is 1.23. The minimum atomic E-state index is 1.29. The molecule has 0 nitrogen and oxygen atoms in total. The molecule has 0 amide bonds. The van der Waals surface area contributed by atoms with Crippen molar-refractivity contribution in [1.29, 1.82) is 0 Å². The lowest BCUT2D eigenvalue weighted by Crippen LogP contribution is -1.62. The summed E-state index contributed by atoms with van der Waals surface area (Å²) in [5.41, 5.74) is 1.29. The van der Waals surface area contributed by atoms with Gasteiger partial charge in [-0.05, 0) is 34.6 Å². The zero-order valence-electron chi connectivity index (χ0n) is 9.39. The molecule has 0 bridgehead atoms. The van der Waals surface area contributed by atoms with E-state index < -0.39 is 0 Å². The zero-order valence-corrected chi connectivity index (χ0v) is 9.39. The van der Waals surface area contributed by atoms with Gasteiger partial charge in [-0.2, -0.15) is 0 Å². The van der Waals surface area contributed by atoms with Crippen molar-refractivity contribution < 1.29 is 0 Å². The van der Waals surface area contributed by atoms with E-state index in [0.29, 0.717) is 0 Å². The lowest BCUT2D eigenvalue weighted by Gasteiger charge is -1.83. The molecule has 0 saturated heterocycles. The van der Waals surface area contributed by atoms with Crippen molar-refractivity contribution >= 4 is 0 Å². The SMILES string of the molecule is CC#CC.C\C=C/C=C(C)/C=C/C. The maximum atomic E-state index is 2.68. The highest BCUT2D eigenvalue weighted by Crippen LogP contribution is 1.93. The van der Waals surface area contributed by atoms with Crippen molar-refractivity contribution in [3.8, 4) is 11.8 Å². The van der Waals surface area contributed by atoms with Crippen LogP contribution in [0.5, 0.6) is 0 Å². The largest absolute Gasteiger partial charge is 0.107 e. The van der Waals surface area contributed by atoms with Gasteiger partial charge in [0.05, 0.1) is 0 Å². The van der Waals surface area contributed by atoms with Crippen LogP contribution in [0.25, 0.3) is 0 Å². The molecule has 0 aromatic carbocycles. The lowest BCUT2D eigenvalue weighted by molar-refractivity contribution is 1.50. The van der Waals surface area contributed by atoms with E-state index in [1.54, 1.807) is 0 Å². The van der Waals surface area contributed by atoms with Crippen molar-refractivity contribution in [1.82, 2.24) is 0 Å². The van der Waals surface area contributed by atoms with E-state index >= 15 is 0 Å². The lowest BCUT2D eigenvalue weighted by atomic mass is 10.2. The Morgan fingerprint density at radius 1 is 1.00 bits per heavy atom. The molecule has 0 aromatic heterocycles. The fourth-order valence-electron chi connectivity index (χ4n) is 0.566. The zero-order chi connectivity index (χ0) is 10.5. The standard InChI is InChI=1S/C9H14.C4H6/c1-4-6-8-9(3)7-5-2;1-3-4-2/h4-8H,1-3H3;1-2H3/b6-4-,7-5+,9-8+;. The first-order valence-corrected chi connectivity index (χ1v) is 4.48. The normalized spacial score (nSPS) is 10.7. The Morgan fingerprint density at radius 2 is 1.54 bits per heavy atom. The summed E-state index contributed by atoms with van der Waals surface area (Å²) in [7, 11) is 0. The maximum Gasteiger partial charge on any atom is -0.00271 e. The molecule has 0 aliphatic rings. The fraction of sp³-hybridized carbons (Fsp3) is 0.385. The minimum Gasteiger partial charge on any atom is -0.107 e. The molecule has 0 atom stereocenters. The van der Waals surface area contributed by atoms with E-state index in [0.717, 1.165) is 0 Å². The molecule has 0 saturated carbocycles. The summed E-state index contributed by atoms with van der Waals surface area (Å²) < 4.78 is 0. The first-order chi connectivity index (χ1) is 6.22. The van der Waals surface area contributed by atoms with Gasteiger partial charge in [-0.3, -0.25) is 0 Å². The van der Waals surface area contributed by atoms with Gasteiger partial charge in [0.15, 0.2) is 0 Å². The van der Waals surface area contributed by atoms with E-state index in [9.17, 15) is 0 Å². The van der Waals surface area contributed by atoms with Crippen LogP contribution in [0.4, 0.5) is 0 Å². The van der Waals surface area contributed by atoms with Gasteiger partial charge in [0.2, 0.25) is 0 Å². The number of hydrogen-bond donors (Lipinski definition) is 0. The Hall–Kier alpha value is -1.22. The molecular formula is C13H20. The van der Waals surface area contributed by atoms with Gasteiger partial charge >= 0.3 is 0 Å². The molecule has 0 N–H and O–H groups in total. The smallest absolute Gasteiger partial charge is 0.00271 e. The molecule has 13 heavy (non-hydrogen) atoms. The summed E-state index contributed by atoms with van der Waals surface area (Å²) >= 11 is 0. The summed E-state index contributed by atoms with van der Waals surface area (Å²) in [5.74, 6) is 5.36. The van der Waals surface area contributed by atoms with Crippen LogP contribution in [0, 0.1) is 11.8 Å². The Labute approximate surface area is 83.1 Å². The summed E-state index contributed by atoms with van der Waals surface area (Å²) in [6.45, 7) is 9.76. The molecule has 0 spiro atoms. The van der Waals surface area contributed by atoms with Gasteiger partial charge in [0.25, 0.3) is 0 Å². The van der Waals surface area contributed by atoms with Crippen molar-refractivity contribution in [2.24, 2.45) is 0 Å². The summed E-state index contributed by atoms with van der Waals surface area (Å²) in [4.78, 5) is 0. The Morgan fingerprint density at radius 3 is 1.85 bits per heavy atom. The van der Waals surface area contributed by atoms with E-state index in [4.69, 9.17) is 0 Å². The molecule has 72 valence electrons. The summed E-state index contributed by atoms with van der Waals surface area (Å²) in [6, 6.07) is 0. The third-order valence-electron chi connectivity index (χ3n) is 1.23. The van der Waals surface area contributed by atoms with Crippen LogP contribution in [0.1, 0.15) is 34.6 Å². The minimum absolute atomic E-state index is 1.29. The Bertz CT molecular complexity index is 222. The molecule has 0 aliphatic carbocycles. The average Bonchev–Trinajstić information content (AvgIpc) is 2.16. The van der Waals surface area contributed by atoms with Crippen molar-refractivity contribution in [2.45, 2.75) is 34.6 Å². The van der Waals surface area contributed by atoms with Crippen LogP contribution < -0.4 is 0 Å². The quantitative estimate of drug-likeness (QED) is 0.438. The second-order valence-corrected chi connectivity index (χ2v) is 2.44. The predicted molar refractivity (Wildman–Crippen MR) is 62.5 cm³/mol. The molecule has 0 heteroatoms. The van der Waals surface area contributed by atoms with Gasteiger partial charge in [-0.25, -0.2) is 0 Å². The Kier molecular flexibility index (Phi) is 14.7. The summed E-state index contributed by atoms with van der Waals surface area (Å²) in [6.07, 6.45) is 10.3. The predicted octanol–water partition coefficient (Wildman–Crippen LogP) is 4.11. The fourth-order valence-corrected chi connectivity index (χ4v) is 0.566. The molecule has 0 heterocycles. The van der Waals surface area contributed by atoms with Crippen molar-refractivity contribution in [2.75, 3.05) is 0 Å². The van der Waals surface area contributed by atoms with Crippen molar-refractivity contribution in [3.63, 3.8) is 0 Å². The first-order valence-electron chi connectivity index (χ1n) is 4.48. The molecule has 0 aliphatic heterocycles. The molecule has 0 radical (unpaired) electrons. The van der Waals surface area contributed by atoms with Crippen LogP contribution in [0.3, 0.4) is 0 Å². The molecule has 0 rings (SSSR count). The monoisotopic (exact) mass is 176 g/mol. The van der Waals surface area contributed by atoms with Gasteiger partial charge in [0.1, 0.15) is 0 Å². The molecular weight excluding hydrogens is 156 g/mol. The Balaban J connectivity index is 0. The van der Waals surface area contributed by atoms with Gasteiger partial charge in [0, 0.05) is 0 Å². The molecule has 0 aromatic rings. The average molecular weight is 176 g/mol. The topological polar surface area (TPSA) is 0 Å². The van der Waals surface area contributed by atoms with E-state index in [-0.39, 0.29) is 0 Å². The maximum absolute atomic E-state index is 2.68. The second-order valence-electron chi connectivity index (χ2n) is 2.44. The number of hydrogen-bond acceptors (Lipinski definition) is 0. The van der Waals surface area contributed by atoms with Gasteiger partial charge < -0.3 is 0 Å². The number of allylic oxidation sites excluding steroid dienone is 6. The van der Waals surface area contributed by atoms with E-state index in [1.807, 2.05) is 45.9 Å². The summed E-state index contributed by atoms with van der Waals surface area (Å²) in [5, 5.41) is 0. The highest BCUT2D eigenvalue weighted by Gasteiger charge is 1.72. The van der Waals surface area contributed by atoms with E-state index in [1.165, 1.54) is 5.57 Å². The second kappa shape index (κ2) is 13.4. The third kappa shape index (κ3) is 18.1. The van der Waals surface area contributed by atoms with Gasteiger partial charge in [-0.1, -0.05) is 36.0 Å². The molecule has 0 fully saturated rings. The van der Waals surface area contributed by atoms with Crippen LogP contribution in [-0.4, -0.2) is 0 Å². The van der Waals surface area contributed by atoms with E-state index in [2.05, 4.69) is 30.9 Å². The van der Waals surface area contributed by atoms with Crippen LogP contribution in [0.15, 0.2) is 36.0 Å². The van der Waals surface area contributed by atoms with Gasteiger partial charge in [-0.15, -0.1) is 11.8 Å². The highest BCUT2D eigenvalue weighted by atomic mass is 13.8.